The third-order valence-electron chi connectivity index (χ3n) is 3.81. The molecular weight excluding hydrogens is 354 g/mol. The van der Waals surface area contributed by atoms with Crippen molar-refractivity contribution in [3.05, 3.63) is 47.5 Å². The van der Waals surface area contributed by atoms with Crippen LogP contribution in [0.1, 0.15) is 18.1 Å². The maximum Gasteiger partial charge on any atom is 0.231 e. The highest BCUT2D eigenvalue weighted by Crippen LogP contribution is 2.32. The van der Waals surface area contributed by atoms with Crippen LogP contribution < -0.4 is 25.0 Å². The van der Waals surface area contributed by atoms with Crippen molar-refractivity contribution < 1.29 is 19.3 Å². The Kier molecular flexibility index (Phi) is 5.43. The first-order chi connectivity index (χ1) is 12.6. The van der Waals surface area contributed by atoms with Crippen LogP contribution in [0.25, 0.3) is 0 Å². The summed E-state index contributed by atoms with van der Waals surface area (Å²) in [6.07, 6.45) is 0. The van der Waals surface area contributed by atoms with Crippen molar-refractivity contribution in [2.24, 2.45) is 5.10 Å². The zero-order valence-electron chi connectivity index (χ0n) is 14.4. The number of ether oxygens (including phenoxy) is 3. The number of fused-ring (bicyclic) bond motifs is 1. The average molecular weight is 373 g/mol. The normalized spacial score (nSPS) is 12.6. The summed E-state index contributed by atoms with van der Waals surface area (Å²) in [6.45, 7) is 2.54. The van der Waals surface area contributed by atoms with Crippen LogP contribution in [0.2, 0.25) is 0 Å². The Morgan fingerprint density at radius 1 is 1.23 bits per heavy atom. The number of thiocarbonyl (C=S) groups is 1. The molecule has 3 N–H and O–H groups in total. The van der Waals surface area contributed by atoms with Crippen molar-refractivity contribution in [3.8, 4) is 23.0 Å². The minimum absolute atomic E-state index is 0.0895. The molecule has 0 saturated heterocycles. The Morgan fingerprint density at radius 2 is 2.04 bits per heavy atom. The largest absolute Gasteiger partial charge is 0.507 e. The van der Waals surface area contributed by atoms with E-state index in [1.807, 2.05) is 18.2 Å². The predicted molar refractivity (Wildman–Crippen MR) is 102 cm³/mol. The van der Waals surface area contributed by atoms with Crippen molar-refractivity contribution in [2.45, 2.75) is 13.5 Å². The highest BCUT2D eigenvalue weighted by atomic mass is 32.1. The lowest BCUT2D eigenvalue weighted by atomic mass is 10.1. The van der Waals surface area contributed by atoms with Crippen molar-refractivity contribution in [1.29, 1.82) is 0 Å². The summed E-state index contributed by atoms with van der Waals surface area (Å²) >= 11 is 5.23. The molecule has 1 aliphatic rings. The molecule has 2 aromatic rings. The van der Waals surface area contributed by atoms with Gasteiger partial charge in [0.2, 0.25) is 6.79 Å². The Labute approximate surface area is 156 Å². The first-order valence-corrected chi connectivity index (χ1v) is 8.31. The molecule has 0 bridgehead atoms. The molecule has 7 nitrogen and oxygen atoms in total. The summed E-state index contributed by atoms with van der Waals surface area (Å²) in [7, 11) is 1.54. The zero-order chi connectivity index (χ0) is 18.5. The number of phenolic OH excluding ortho intramolecular Hbond substituents is 1. The highest BCUT2D eigenvalue weighted by Gasteiger charge is 2.13. The highest BCUT2D eigenvalue weighted by molar-refractivity contribution is 7.80. The number of nitrogens with one attached hydrogen (secondary N) is 2. The number of rotatable bonds is 5. The second kappa shape index (κ2) is 7.92. The van der Waals surface area contributed by atoms with Gasteiger partial charge < -0.3 is 24.6 Å². The van der Waals surface area contributed by atoms with Crippen LogP contribution >= 0.6 is 12.2 Å². The van der Waals surface area contributed by atoms with Crippen LogP contribution in [-0.2, 0) is 6.54 Å². The summed E-state index contributed by atoms with van der Waals surface area (Å²) < 4.78 is 15.7. The number of nitrogens with zero attached hydrogens (tertiary/aromatic N) is 1. The molecule has 26 heavy (non-hydrogen) atoms. The van der Waals surface area contributed by atoms with E-state index >= 15 is 0 Å². The van der Waals surface area contributed by atoms with E-state index in [0.717, 1.165) is 17.1 Å². The molecule has 136 valence electrons. The molecule has 0 aliphatic carbocycles. The molecule has 1 aliphatic heterocycles. The predicted octanol–water partition coefficient (Wildman–Crippen LogP) is 2.52. The summed E-state index contributed by atoms with van der Waals surface area (Å²) in [5.41, 5.74) is 4.96. The molecule has 2 aromatic carbocycles. The second-order valence-electron chi connectivity index (χ2n) is 5.56. The molecule has 0 aromatic heterocycles. The lowest BCUT2D eigenvalue weighted by Crippen LogP contribution is -2.32. The van der Waals surface area contributed by atoms with Crippen LogP contribution in [0, 0.1) is 0 Å². The van der Waals surface area contributed by atoms with Crippen LogP contribution in [0.15, 0.2) is 41.5 Å². The van der Waals surface area contributed by atoms with Gasteiger partial charge in [-0.05, 0) is 49.0 Å². The minimum Gasteiger partial charge on any atom is -0.507 e. The maximum atomic E-state index is 10.0. The van der Waals surface area contributed by atoms with E-state index in [-0.39, 0.29) is 12.5 Å². The number of phenols is 1. The first-order valence-electron chi connectivity index (χ1n) is 7.91. The van der Waals surface area contributed by atoms with Gasteiger partial charge in [-0.3, -0.25) is 5.43 Å². The fourth-order valence-electron chi connectivity index (χ4n) is 2.41. The lowest BCUT2D eigenvalue weighted by Gasteiger charge is -2.10. The second-order valence-corrected chi connectivity index (χ2v) is 5.97. The van der Waals surface area contributed by atoms with Crippen molar-refractivity contribution in [3.63, 3.8) is 0 Å². The fourth-order valence-corrected chi connectivity index (χ4v) is 2.53. The molecule has 0 amide bonds. The molecule has 0 atom stereocenters. The monoisotopic (exact) mass is 373 g/mol. The SMILES string of the molecule is COc1ccc(/C(C)=N/NC(=S)NCc2ccc3c(c2)OCO3)c(O)c1. The van der Waals surface area contributed by atoms with Gasteiger partial charge in [0.1, 0.15) is 11.5 Å². The van der Waals surface area contributed by atoms with Crippen LogP contribution in [0.5, 0.6) is 23.0 Å². The van der Waals surface area contributed by atoms with Gasteiger partial charge in [0.05, 0.1) is 12.8 Å². The third kappa shape index (κ3) is 4.15. The molecule has 8 heteroatoms. The van der Waals surface area contributed by atoms with Crippen LogP contribution in [0.4, 0.5) is 0 Å². The Bertz CT molecular complexity index is 854. The van der Waals surface area contributed by atoms with Gasteiger partial charge in [-0.15, -0.1) is 0 Å². The van der Waals surface area contributed by atoms with Crippen molar-refractivity contribution in [2.75, 3.05) is 13.9 Å². The van der Waals surface area contributed by atoms with Gasteiger partial charge in [0.25, 0.3) is 0 Å². The van der Waals surface area contributed by atoms with E-state index in [4.69, 9.17) is 26.4 Å². The topological polar surface area (TPSA) is 84.3 Å². The first kappa shape index (κ1) is 17.8. The Balaban J connectivity index is 1.55. The quantitative estimate of drug-likeness (QED) is 0.422. The van der Waals surface area contributed by atoms with Gasteiger partial charge in [-0.2, -0.15) is 5.10 Å². The third-order valence-corrected chi connectivity index (χ3v) is 4.05. The number of hydrazone groups is 1. The molecular formula is C18H19N3O4S. The average Bonchev–Trinajstić information content (AvgIpc) is 3.12. The van der Waals surface area contributed by atoms with Crippen molar-refractivity contribution >= 4 is 23.0 Å². The van der Waals surface area contributed by atoms with Gasteiger partial charge >= 0.3 is 0 Å². The van der Waals surface area contributed by atoms with Gasteiger partial charge in [0, 0.05) is 18.2 Å². The standard InChI is InChI=1S/C18H19N3O4S/c1-11(14-5-4-13(23-2)8-15(14)22)20-21-18(26)19-9-12-3-6-16-17(7-12)25-10-24-16/h3-8,22H,9-10H2,1-2H3,(H2,19,21,26)/b20-11+. The van der Waals surface area contributed by atoms with E-state index < -0.39 is 0 Å². The van der Waals surface area contributed by atoms with E-state index in [9.17, 15) is 5.11 Å². The van der Waals surface area contributed by atoms with Crippen molar-refractivity contribution in [1.82, 2.24) is 10.7 Å². The Hall–Kier alpha value is -3.00. The summed E-state index contributed by atoms with van der Waals surface area (Å²) in [4.78, 5) is 0. The number of benzene rings is 2. The van der Waals surface area contributed by atoms with Gasteiger partial charge in [0.15, 0.2) is 16.6 Å². The maximum absolute atomic E-state index is 10.0. The minimum atomic E-state index is 0.0895. The Morgan fingerprint density at radius 3 is 2.81 bits per heavy atom. The van der Waals surface area contributed by atoms with E-state index in [0.29, 0.717) is 28.7 Å². The molecule has 0 unspecified atom stereocenters. The number of methoxy groups -OCH3 is 1. The number of aromatic hydroxyl groups is 1. The zero-order valence-corrected chi connectivity index (χ0v) is 15.2. The number of hydrogen-bond acceptors (Lipinski definition) is 6. The fraction of sp³-hybridized carbons (Fsp3) is 0.222. The smallest absolute Gasteiger partial charge is 0.231 e. The van der Waals surface area contributed by atoms with E-state index in [1.54, 1.807) is 26.2 Å². The molecule has 0 spiro atoms. The molecule has 1 heterocycles. The van der Waals surface area contributed by atoms with E-state index in [1.165, 1.54) is 6.07 Å². The van der Waals surface area contributed by atoms with Gasteiger partial charge in [-0.1, -0.05) is 6.07 Å². The number of hydrogen-bond donors (Lipinski definition) is 3. The van der Waals surface area contributed by atoms with E-state index in [2.05, 4.69) is 15.8 Å². The summed E-state index contributed by atoms with van der Waals surface area (Å²) in [5, 5.41) is 17.7. The molecule has 0 radical (unpaired) electrons. The molecule has 0 fully saturated rings. The van der Waals surface area contributed by atoms with Gasteiger partial charge in [-0.25, -0.2) is 0 Å². The lowest BCUT2D eigenvalue weighted by molar-refractivity contribution is 0.174. The molecule has 0 saturated carbocycles. The van der Waals surface area contributed by atoms with Crippen LogP contribution in [-0.4, -0.2) is 29.8 Å². The summed E-state index contributed by atoms with van der Waals surface area (Å²) in [6, 6.07) is 10.7. The summed E-state index contributed by atoms with van der Waals surface area (Å²) in [5.74, 6) is 2.14. The van der Waals surface area contributed by atoms with Crippen LogP contribution in [0.3, 0.4) is 0 Å². The molecule has 3 rings (SSSR count).